The molecule has 0 rings (SSSR count). The minimum Gasteiger partial charge on any atom is -0.168 e. The highest BCUT2D eigenvalue weighted by atomic mass is 35.6. The van der Waals surface area contributed by atoms with Crippen molar-refractivity contribution in [3.8, 4) is 0 Å². The molecule has 0 amide bonds. The highest BCUT2D eigenvalue weighted by molar-refractivity contribution is 7.19. The average Bonchev–Trinajstić information content (AvgIpc) is 2.14. The molecule has 92 valence electrons. The second kappa shape index (κ2) is 9.98. The maximum absolute atomic E-state index is 6.26. The Hall–Kier alpha value is 0.797. The molecule has 0 saturated carbocycles. The van der Waals surface area contributed by atoms with Crippen LogP contribution >= 0.6 is 22.7 Å². The fourth-order valence-electron chi connectivity index (χ4n) is 1.70. The molecule has 15 heavy (non-hydrogen) atoms. The monoisotopic (exact) mass is 268 g/mol. The summed E-state index contributed by atoms with van der Waals surface area (Å²) in [6.07, 6.45) is 10.7. The Morgan fingerprint density at radius 1 is 0.733 bits per heavy atom. The molecule has 0 aliphatic rings. The summed E-state index contributed by atoms with van der Waals surface area (Å²) < 4.78 is 0. The molecule has 0 aliphatic carbocycles. The quantitative estimate of drug-likeness (QED) is 0.204. The smallest absolute Gasteiger partial charge is 0.150 e. The zero-order valence-corrected chi connectivity index (χ0v) is 12.8. The van der Waals surface area contributed by atoms with Crippen LogP contribution in [0.3, 0.4) is 0 Å². The Morgan fingerprint density at radius 2 is 1.13 bits per heavy atom. The van der Waals surface area contributed by atoms with E-state index in [1.54, 1.807) is 0 Å². The van der Waals surface area contributed by atoms with Gasteiger partial charge in [-0.2, -0.15) is 11.1 Å². The van der Waals surface area contributed by atoms with E-state index < -0.39 is 7.38 Å². The Labute approximate surface area is 106 Å². The fourth-order valence-corrected chi connectivity index (χ4v) is 3.38. The standard InChI is InChI=1S/C12H26Cl2Si/c1-15(2,14)12-10-8-6-4-3-5-7-9-11-13/h3-12H2,1-2H3. The molecule has 0 unspecified atom stereocenters. The van der Waals surface area contributed by atoms with Crippen molar-refractivity contribution in [1.82, 2.24) is 0 Å². The first-order chi connectivity index (χ1) is 7.06. The second-order valence-electron chi connectivity index (χ2n) is 4.99. The largest absolute Gasteiger partial charge is 0.168 e. The van der Waals surface area contributed by atoms with Crippen LogP contribution in [0.25, 0.3) is 0 Å². The van der Waals surface area contributed by atoms with E-state index in [-0.39, 0.29) is 0 Å². The Kier molecular flexibility index (Phi) is 10.5. The first-order valence-electron chi connectivity index (χ1n) is 6.31. The third kappa shape index (κ3) is 14.8. The van der Waals surface area contributed by atoms with Crippen molar-refractivity contribution in [2.45, 2.75) is 70.5 Å². The molecule has 3 heteroatoms. The summed E-state index contributed by atoms with van der Waals surface area (Å²) in [5.74, 6) is 0.829. The van der Waals surface area contributed by atoms with Crippen LogP contribution in [-0.2, 0) is 0 Å². The summed E-state index contributed by atoms with van der Waals surface area (Å²) in [6.45, 7) is 4.47. The van der Waals surface area contributed by atoms with Gasteiger partial charge in [0.05, 0.1) is 0 Å². The summed E-state index contributed by atoms with van der Waals surface area (Å²) >= 11 is 11.9. The van der Waals surface area contributed by atoms with Gasteiger partial charge in [0.15, 0.2) is 0 Å². The number of hydrogen-bond donors (Lipinski definition) is 0. The molecule has 0 nitrogen and oxygen atoms in total. The molecule has 0 radical (unpaired) electrons. The SMILES string of the molecule is C[Si](C)(Cl)CCCCCCCCCCCl. The zero-order valence-electron chi connectivity index (χ0n) is 10.3. The lowest BCUT2D eigenvalue weighted by Crippen LogP contribution is -2.14. The fraction of sp³-hybridized carbons (Fsp3) is 1.00. The van der Waals surface area contributed by atoms with Gasteiger partial charge in [-0.3, -0.25) is 0 Å². The molecule has 0 aromatic rings. The van der Waals surface area contributed by atoms with E-state index in [4.69, 9.17) is 22.7 Å². The molecule has 0 aromatic carbocycles. The van der Waals surface area contributed by atoms with Crippen LogP contribution in [0.5, 0.6) is 0 Å². The summed E-state index contributed by atoms with van der Waals surface area (Å²) in [5, 5.41) is 0. The number of unbranched alkanes of at least 4 members (excludes halogenated alkanes) is 7. The Bertz CT molecular complexity index is 132. The van der Waals surface area contributed by atoms with E-state index in [2.05, 4.69) is 13.1 Å². The van der Waals surface area contributed by atoms with Gasteiger partial charge in [0.25, 0.3) is 0 Å². The second-order valence-corrected chi connectivity index (χ2v) is 12.4. The van der Waals surface area contributed by atoms with Crippen molar-refractivity contribution in [2.24, 2.45) is 0 Å². The number of rotatable bonds is 10. The lowest BCUT2D eigenvalue weighted by Gasteiger charge is -2.11. The third-order valence-corrected chi connectivity index (χ3v) is 5.03. The van der Waals surface area contributed by atoms with Gasteiger partial charge in [0.2, 0.25) is 0 Å². The number of hydrogen-bond acceptors (Lipinski definition) is 0. The van der Waals surface area contributed by atoms with Gasteiger partial charge in [0, 0.05) is 5.88 Å². The number of alkyl halides is 1. The maximum Gasteiger partial charge on any atom is 0.150 e. The first-order valence-corrected chi connectivity index (χ1v) is 11.1. The van der Waals surface area contributed by atoms with E-state index in [1.807, 2.05) is 0 Å². The van der Waals surface area contributed by atoms with E-state index in [0.29, 0.717) is 0 Å². The highest BCUT2D eigenvalue weighted by Gasteiger charge is 2.15. The summed E-state index contributed by atoms with van der Waals surface area (Å²) in [7, 11) is -1.29. The van der Waals surface area contributed by atoms with Crippen LogP contribution in [0.1, 0.15) is 51.4 Å². The minimum atomic E-state index is -1.29. The minimum absolute atomic E-state index is 0.829. The zero-order chi connectivity index (χ0) is 11.6. The normalized spacial score (nSPS) is 12.0. The van der Waals surface area contributed by atoms with Crippen LogP contribution in [0.2, 0.25) is 19.1 Å². The van der Waals surface area contributed by atoms with Crippen LogP contribution in [0.15, 0.2) is 0 Å². The molecule has 0 atom stereocenters. The van der Waals surface area contributed by atoms with Crippen LogP contribution in [0, 0.1) is 0 Å². The summed E-state index contributed by atoms with van der Waals surface area (Å²) in [5.41, 5.74) is 0. The Morgan fingerprint density at radius 3 is 1.53 bits per heavy atom. The molecular formula is C12H26Cl2Si. The maximum atomic E-state index is 6.26. The van der Waals surface area contributed by atoms with E-state index in [0.717, 1.165) is 5.88 Å². The van der Waals surface area contributed by atoms with Crippen molar-refractivity contribution in [3.63, 3.8) is 0 Å². The summed E-state index contributed by atoms with van der Waals surface area (Å²) in [6, 6.07) is 1.28. The van der Waals surface area contributed by atoms with Crippen LogP contribution in [0.4, 0.5) is 0 Å². The van der Waals surface area contributed by atoms with Gasteiger partial charge in [-0.15, -0.1) is 11.6 Å². The molecule has 0 bridgehead atoms. The third-order valence-electron chi connectivity index (χ3n) is 2.65. The van der Waals surface area contributed by atoms with Crippen molar-refractivity contribution < 1.29 is 0 Å². The van der Waals surface area contributed by atoms with Gasteiger partial charge in [0.1, 0.15) is 7.38 Å². The van der Waals surface area contributed by atoms with Crippen molar-refractivity contribution >= 4 is 30.1 Å². The van der Waals surface area contributed by atoms with Crippen LogP contribution in [-0.4, -0.2) is 13.3 Å². The highest BCUT2D eigenvalue weighted by Crippen LogP contribution is 2.19. The lowest BCUT2D eigenvalue weighted by atomic mass is 10.1. The lowest BCUT2D eigenvalue weighted by molar-refractivity contribution is 0.585. The first kappa shape index (κ1) is 15.8. The molecule has 0 aromatic heterocycles. The van der Waals surface area contributed by atoms with Crippen molar-refractivity contribution in [1.29, 1.82) is 0 Å². The Balaban J connectivity index is 2.99. The molecule has 0 spiro atoms. The van der Waals surface area contributed by atoms with Gasteiger partial charge < -0.3 is 0 Å². The average molecular weight is 269 g/mol. The number of halogens is 2. The molecule has 0 heterocycles. The van der Waals surface area contributed by atoms with E-state index >= 15 is 0 Å². The van der Waals surface area contributed by atoms with Gasteiger partial charge in [-0.05, 0) is 12.5 Å². The van der Waals surface area contributed by atoms with Gasteiger partial charge in [-0.25, -0.2) is 0 Å². The van der Waals surface area contributed by atoms with Crippen molar-refractivity contribution in [3.05, 3.63) is 0 Å². The van der Waals surface area contributed by atoms with Gasteiger partial charge >= 0.3 is 0 Å². The predicted molar refractivity (Wildman–Crippen MR) is 75.8 cm³/mol. The van der Waals surface area contributed by atoms with E-state index in [1.165, 1.54) is 57.4 Å². The summed E-state index contributed by atoms with van der Waals surface area (Å²) in [4.78, 5) is 0. The topological polar surface area (TPSA) is 0 Å². The van der Waals surface area contributed by atoms with Crippen LogP contribution < -0.4 is 0 Å². The predicted octanol–water partition coefficient (Wildman–Crippen LogP) is 5.79. The van der Waals surface area contributed by atoms with Gasteiger partial charge in [-0.1, -0.05) is 58.0 Å². The van der Waals surface area contributed by atoms with E-state index in [9.17, 15) is 0 Å². The van der Waals surface area contributed by atoms with Crippen molar-refractivity contribution in [2.75, 3.05) is 5.88 Å². The molecule has 0 aliphatic heterocycles. The molecular weight excluding hydrogens is 243 g/mol. The molecule has 0 fully saturated rings. The molecule has 0 N–H and O–H groups in total. The molecule has 0 saturated heterocycles.